The van der Waals surface area contributed by atoms with Gasteiger partial charge in [-0.3, -0.25) is 19.6 Å². The van der Waals surface area contributed by atoms with Gasteiger partial charge in [-0.05, 0) is 18.8 Å². The zero-order valence-electron chi connectivity index (χ0n) is 21.2. The molecular weight excluding hydrogens is 450 g/mol. The zero-order valence-corrected chi connectivity index (χ0v) is 21.2. The van der Waals surface area contributed by atoms with Crippen molar-refractivity contribution in [2.45, 2.75) is 51.4 Å². The van der Waals surface area contributed by atoms with E-state index in [1.165, 1.54) is 44.9 Å². The molecule has 5 rings (SSSR count). The summed E-state index contributed by atoms with van der Waals surface area (Å²) in [7, 11) is 0. The molecule has 0 radical (unpaired) electrons. The molecule has 8 heteroatoms. The summed E-state index contributed by atoms with van der Waals surface area (Å²) in [5, 5.41) is 5.68. The van der Waals surface area contributed by atoms with Crippen LogP contribution in [-0.2, 0) is 4.79 Å². The van der Waals surface area contributed by atoms with Gasteiger partial charge in [0.2, 0.25) is 5.91 Å². The number of nitrogens with one attached hydrogen (secondary N) is 2. The number of fused-ring (bicyclic) bond motifs is 1. The molecule has 1 saturated carbocycles. The van der Waals surface area contributed by atoms with Crippen LogP contribution in [0.2, 0.25) is 0 Å². The first-order chi connectivity index (χ1) is 17.8. The number of amides is 1. The van der Waals surface area contributed by atoms with Gasteiger partial charge in [0.25, 0.3) is 0 Å². The Morgan fingerprint density at radius 3 is 2.72 bits per heavy atom. The van der Waals surface area contributed by atoms with Crippen LogP contribution in [-0.4, -0.2) is 69.5 Å². The number of hydrogen-bond acceptors (Lipinski definition) is 6. The maximum Gasteiger partial charge on any atom is 0.242 e. The molecule has 0 spiro atoms. The highest BCUT2D eigenvalue weighted by atomic mass is 16.2. The van der Waals surface area contributed by atoms with Crippen LogP contribution in [0, 0.1) is 5.92 Å². The third-order valence-electron chi connectivity index (χ3n) is 7.59. The number of carbonyl (C=O) groups is 1. The number of hydrogen-bond donors (Lipinski definition) is 2. The van der Waals surface area contributed by atoms with Crippen molar-refractivity contribution in [2.24, 2.45) is 5.92 Å². The summed E-state index contributed by atoms with van der Waals surface area (Å²) in [4.78, 5) is 24.0. The molecule has 1 amide bonds. The van der Waals surface area contributed by atoms with Gasteiger partial charge in [0.05, 0.1) is 12.7 Å². The number of nitrogens with zero attached hydrogens (tertiary/aromatic N) is 5. The van der Waals surface area contributed by atoms with Gasteiger partial charge in [-0.1, -0.05) is 68.9 Å². The first kappa shape index (κ1) is 24.7. The van der Waals surface area contributed by atoms with Gasteiger partial charge in [-0.15, -0.1) is 0 Å². The van der Waals surface area contributed by atoms with Crippen LogP contribution >= 0.6 is 0 Å². The third-order valence-corrected chi connectivity index (χ3v) is 7.59. The van der Waals surface area contributed by atoms with Crippen molar-refractivity contribution >= 4 is 22.9 Å². The molecule has 2 fully saturated rings. The van der Waals surface area contributed by atoms with Crippen LogP contribution in [0.5, 0.6) is 0 Å². The average Bonchev–Trinajstić information content (AvgIpc) is 3.12. The molecule has 1 saturated heterocycles. The fraction of sp³-hybridized carbons (Fsp3) is 0.536. The predicted molar refractivity (Wildman–Crippen MR) is 144 cm³/mol. The van der Waals surface area contributed by atoms with E-state index in [9.17, 15) is 4.79 Å². The molecule has 0 aromatic carbocycles. The van der Waals surface area contributed by atoms with Crippen LogP contribution in [0.3, 0.4) is 0 Å². The minimum atomic E-state index is 0.119. The van der Waals surface area contributed by atoms with Crippen molar-refractivity contribution in [1.29, 1.82) is 0 Å². The summed E-state index contributed by atoms with van der Waals surface area (Å²) in [5.41, 5.74) is 6.23. The lowest BCUT2D eigenvalue weighted by molar-refractivity contribution is -0.131. The fourth-order valence-electron chi connectivity index (χ4n) is 5.48. The zero-order chi connectivity index (χ0) is 24.6. The van der Waals surface area contributed by atoms with Crippen LogP contribution < -0.4 is 10.7 Å². The molecule has 192 valence electrons. The Kier molecular flexibility index (Phi) is 8.46. The van der Waals surface area contributed by atoms with Gasteiger partial charge in [0.1, 0.15) is 11.5 Å². The molecule has 3 heterocycles. The Labute approximate surface area is 214 Å². The maximum absolute atomic E-state index is 13.1. The van der Waals surface area contributed by atoms with Crippen molar-refractivity contribution in [3.05, 3.63) is 54.7 Å². The average molecular weight is 490 g/mol. The first-order valence-corrected chi connectivity index (χ1v) is 13.6. The van der Waals surface area contributed by atoms with Gasteiger partial charge < -0.3 is 10.2 Å². The summed E-state index contributed by atoms with van der Waals surface area (Å²) < 4.78 is 1.97. The van der Waals surface area contributed by atoms with Crippen molar-refractivity contribution in [2.75, 3.05) is 44.6 Å². The topological polar surface area (TPSA) is 77.8 Å². The Morgan fingerprint density at radius 2 is 1.89 bits per heavy atom. The quantitative estimate of drug-likeness (QED) is 0.545. The first-order valence-electron chi connectivity index (χ1n) is 13.6. The maximum atomic E-state index is 13.1. The predicted octanol–water partition coefficient (Wildman–Crippen LogP) is 4.05. The molecular formula is C28H39N7O. The van der Waals surface area contributed by atoms with Crippen molar-refractivity contribution in [1.82, 2.24) is 29.7 Å². The highest BCUT2D eigenvalue weighted by Crippen LogP contribution is 2.27. The minimum absolute atomic E-state index is 0.119. The van der Waals surface area contributed by atoms with Gasteiger partial charge in [0.15, 0.2) is 5.65 Å². The summed E-state index contributed by atoms with van der Waals surface area (Å²) in [5.74, 6) is 1.83. The Morgan fingerprint density at radius 1 is 1.06 bits per heavy atom. The van der Waals surface area contributed by atoms with E-state index in [0.29, 0.717) is 0 Å². The second-order valence-electron chi connectivity index (χ2n) is 10.1. The standard InChI is InChI=1S/C28H39N7O/c36-26(33-17-19-34(20-18-33)31-14-13-23-9-5-1-2-6-10-23)22-30-28-27(24-11-7-3-4-8-12-24)32-25-21-29-15-16-35(25)28/h3,7-8,11-12,15-16,21,23,30-31H,1-2,4-6,9-10,13-14,17-20,22H2. The van der Waals surface area contributed by atoms with Crippen molar-refractivity contribution < 1.29 is 4.79 Å². The molecule has 0 unspecified atom stereocenters. The largest absolute Gasteiger partial charge is 0.360 e. The summed E-state index contributed by atoms with van der Waals surface area (Å²) >= 11 is 0. The smallest absolute Gasteiger partial charge is 0.242 e. The van der Waals surface area contributed by atoms with E-state index in [1.807, 2.05) is 15.5 Å². The number of piperazine rings is 1. The second kappa shape index (κ2) is 12.3. The van der Waals surface area contributed by atoms with Gasteiger partial charge in [0, 0.05) is 50.7 Å². The molecule has 2 aliphatic carbocycles. The van der Waals surface area contributed by atoms with E-state index in [-0.39, 0.29) is 12.5 Å². The highest BCUT2D eigenvalue weighted by Gasteiger charge is 2.22. The molecule has 2 aromatic rings. The van der Waals surface area contributed by atoms with E-state index < -0.39 is 0 Å². The Bertz CT molecular complexity index is 1100. The van der Waals surface area contributed by atoms with E-state index in [0.717, 1.165) is 67.8 Å². The number of rotatable bonds is 8. The molecule has 3 aliphatic rings. The monoisotopic (exact) mass is 489 g/mol. The lowest BCUT2D eigenvalue weighted by Gasteiger charge is -2.35. The minimum Gasteiger partial charge on any atom is -0.360 e. The van der Waals surface area contributed by atoms with Gasteiger partial charge in [-0.2, -0.15) is 0 Å². The third kappa shape index (κ3) is 6.23. The number of imidazole rings is 1. The van der Waals surface area contributed by atoms with E-state index in [2.05, 4.69) is 51.1 Å². The van der Waals surface area contributed by atoms with E-state index in [4.69, 9.17) is 4.98 Å². The summed E-state index contributed by atoms with van der Waals surface area (Å²) in [6, 6.07) is 0. The molecule has 8 nitrogen and oxygen atoms in total. The van der Waals surface area contributed by atoms with Gasteiger partial charge >= 0.3 is 0 Å². The summed E-state index contributed by atoms with van der Waals surface area (Å²) in [6.45, 7) is 4.52. The van der Waals surface area contributed by atoms with Crippen molar-refractivity contribution in [3.63, 3.8) is 0 Å². The van der Waals surface area contributed by atoms with Crippen LogP contribution in [0.4, 0.5) is 5.82 Å². The van der Waals surface area contributed by atoms with Crippen LogP contribution in [0.15, 0.2) is 49.0 Å². The lowest BCUT2D eigenvalue weighted by Crippen LogP contribution is -2.54. The van der Waals surface area contributed by atoms with Gasteiger partial charge in [-0.25, -0.2) is 9.99 Å². The number of carbonyl (C=O) groups excluding carboxylic acids is 1. The summed E-state index contributed by atoms with van der Waals surface area (Å²) in [6.07, 6.45) is 26.4. The molecule has 0 atom stereocenters. The molecule has 1 aliphatic heterocycles. The lowest BCUT2D eigenvalue weighted by atomic mass is 9.97. The second-order valence-corrected chi connectivity index (χ2v) is 10.1. The molecule has 2 aromatic heterocycles. The fourth-order valence-corrected chi connectivity index (χ4v) is 5.48. The van der Waals surface area contributed by atoms with Crippen LogP contribution in [0.1, 0.15) is 57.1 Å². The number of aromatic nitrogens is 3. The Hall–Kier alpha value is -2.97. The van der Waals surface area contributed by atoms with E-state index in [1.54, 1.807) is 12.4 Å². The highest BCUT2D eigenvalue weighted by molar-refractivity contribution is 5.85. The SMILES string of the molecule is O=C(CNc1c(C2=CC=CCC=C2)nc2cnccn12)N1CCN(NCCC2CCCCCC2)CC1. The number of allylic oxidation sites excluding steroid dienone is 6. The number of anilines is 1. The number of hydrazine groups is 1. The van der Waals surface area contributed by atoms with E-state index >= 15 is 0 Å². The van der Waals surface area contributed by atoms with Crippen LogP contribution in [0.25, 0.3) is 11.2 Å². The van der Waals surface area contributed by atoms with Crippen molar-refractivity contribution in [3.8, 4) is 0 Å². The Balaban J connectivity index is 1.13. The molecule has 36 heavy (non-hydrogen) atoms. The normalized spacial score (nSPS) is 19.8. The molecule has 0 bridgehead atoms. The molecule has 2 N–H and O–H groups in total.